The number of benzene rings is 1. The number of nitrogens with one attached hydrogen (secondary N) is 1. The number of hydrogen-bond donors (Lipinski definition) is 2. The third-order valence-corrected chi connectivity index (χ3v) is 2.56. The van der Waals surface area contributed by atoms with Gasteiger partial charge in [0.1, 0.15) is 0 Å². The van der Waals surface area contributed by atoms with Crippen LogP contribution in [-0.4, -0.2) is 24.3 Å². The van der Waals surface area contributed by atoms with E-state index in [0.29, 0.717) is 24.7 Å². The van der Waals surface area contributed by atoms with E-state index < -0.39 is 5.91 Å². The zero-order valence-corrected chi connectivity index (χ0v) is 11.9. The van der Waals surface area contributed by atoms with Gasteiger partial charge in [-0.1, -0.05) is 19.4 Å². The van der Waals surface area contributed by atoms with Crippen LogP contribution in [0.1, 0.15) is 32.3 Å². The molecule has 0 spiro atoms. The first-order valence-corrected chi connectivity index (χ1v) is 6.73. The summed E-state index contributed by atoms with van der Waals surface area (Å²) in [5, 5.41) is 8.42. The van der Waals surface area contributed by atoms with E-state index in [0.717, 1.165) is 18.4 Å². The Bertz CT molecular complexity index is 457. The molecule has 0 heterocycles. The molecule has 0 bridgehead atoms. The number of unbranched alkanes of at least 4 members (excludes halogenated alkanes) is 1. The van der Waals surface area contributed by atoms with Crippen LogP contribution in [0, 0.1) is 0 Å². The first-order chi connectivity index (χ1) is 9.71. The predicted molar refractivity (Wildman–Crippen MR) is 77.0 cm³/mol. The maximum Gasteiger partial charge on any atom is 0.267 e. The predicted octanol–water partition coefficient (Wildman–Crippen LogP) is 2.78. The van der Waals surface area contributed by atoms with Crippen LogP contribution < -0.4 is 15.0 Å². The molecule has 1 aromatic rings. The van der Waals surface area contributed by atoms with Gasteiger partial charge < -0.3 is 9.47 Å². The zero-order valence-electron chi connectivity index (χ0n) is 11.9. The van der Waals surface area contributed by atoms with Crippen molar-refractivity contribution >= 4 is 12.0 Å². The molecule has 110 valence electrons. The molecular formula is C15H21NO4. The molecular weight excluding hydrogens is 258 g/mol. The second-order valence-electron chi connectivity index (χ2n) is 4.15. The Morgan fingerprint density at radius 1 is 1.30 bits per heavy atom. The lowest BCUT2D eigenvalue weighted by Gasteiger charge is -2.12. The van der Waals surface area contributed by atoms with Gasteiger partial charge in [0.25, 0.3) is 5.91 Å². The lowest BCUT2D eigenvalue weighted by molar-refractivity contribution is -0.124. The number of carbonyl (C=O) groups excluding carboxylic acids is 1. The van der Waals surface area contributed by atoms with Crippen molar-refractivity contribution in [3.8, 4) is 11.5 Å². The Morgan fingerprint density at radius 3 is 2.75 bits per heavy atom. The SMILES string of the molecule is CCCCOc1ccc(/C=C/C(=O)NO)cc1OCC. The molecule has 0 fully saturated rings. The number of carbonyl (C=O) groups is 1. The van der Waals surface area contributed by atoms with Crippen molar-refractivity contribution in [3.63, 3.8) is 0 Å². The molecule has 1 aromatic carbocycles. The minimum atomic E-state index is -0.578. The van der Waals surface area contributed by atoms with Crippen LogP contribution in [0.25, 0.3) is 6.08 Å². The summed E-state index contributed by atoms with van der Waals surface area (Å²) in [4.78, 5) is 10.9. The molecule has 0 aromatic heterocycles. The fourth-order valence-corrected chi connectivity index (χ4v) is 1.55. The molecule has 5 heteroatoms. The molecule has 2 N–H and O–H groups in total. The summed E-state index contributed by atoms with van der Waals surface area (Å²) in [6.45, 7) is 5.19. The number of hydrogen-bond acceptors (Lipinski definition) is 4. The van der Waals surface area contributed by atoms with Crippen molar-refractivity contribution < 1.29 is 19.5 Å². The van der Waals surface area contributed by atoms with Gasteiger partial charge in [-0.3, -0.25) is 10.0 Å². The molecule has 0 unspecified atom stereocenters. The van der Waals surface area contributed by atoms with Crippen molar-refractivity contribution in [2.24, 2.45) is 0 Å². The van der Waals surface area contributed by atoms with Crippen molar-refractivity contribution in [3.05, 3.63) is 29.8 Å². The van der Waals surface area contributed by atoms with Crippen molar-refractivity contribution in [1.29, 1.82) is 0 Å². The zero-order chi connectivity index (χ0) is 14.8. The number of rotatable bonds is 8. The van der Waals surface area contributed by atoms with Crippen LogP contribution in [0.15, 0.2) is 24.3 Å². The molecule has 0 atom stereocenters. The summed E-state index contributed by atoms with van der Waals surface area (Å²) in [6, 6.07) is 5.44. The summed E-state index contributed by atoms with van der Waals surface area (Å²) < 4.78 is 11.2. The van der Waals surface area contributed by atoms with Crippen LogP contribution >= 0.6 is 0 Å². The standard InChI is InChI=1S/C15H21NO4/c1-3-5-10-20-13-8-6-12(7-9-15(17)16-18)11-14(13)19-4-2/h6-9,11,18H,3-5,10H2,1-2H3,(H,16,17)/b9-7+. The molecule has 1 amide bonds. The second-order valence-corrected chi connectivity index (χ2v) is 4.15. The number of hydroxylamine groups is 1. The summed E-state index contributed by atoms with van der Waals surface area (Å²) in [6.07, 6.45) is 4.89. The maximum atomic E-state index is 10.9. The van der Waals surface area contributed by atoms with Crippen LogP contribution in [0.5, 0.6) is 11.5 Å². The lowest BCUT2D eigenvalue weighted by atomic mass is 10.2. The molecule has 5 nitrogen and oxygen atoms in total. The highest BCUT2D eigenvalue weighted by Crippen LogP contribution is 2.29. The Labute approximate surface area is 119 Å². The van der Waals surface area contributed by atoms with Gasteiger partial charge in [-0.15, -0.1) is 0 Å². The summed E-state index contributed by atoms with van der Waals surface area (Å²) in [5.74, 6) is 0.769. The molecule has 0 radical (unpaired) electrons. The van der Waals surface area contributed by atoms with Crippen LogP contribution in [0.4, 0.5) is 0 Å². The van der Waals surface area contributed by atoms with Crippen LogP contribution in [0.2, 0.25) is 0 Å². The highest BCUT2D eigenvalue weighted by Gasteiger charge is 2.05. The van der Waals surface area contributed by atoms with Gasteiger partial charge in [0.05, 0.1) is 13.2 Å². The van der Waals surface area contributed by atoms with Gasteiger partial charge >= 0.3 is 0 Å². The molecule has 0 saturated heterocycles. The van der Waals surface area contributed by atoms with Crippen LogP contribution in [-0.2, 0) is 4.79 Å². The summed E-state index contributed by atoms with van der Waals surface area (Å²) in [7, 11) is 0. The van der Waals surface area contributed by atoms with E-state index in [1.807, 2.05) is 19.1 Å². The fourth-order valence-electron chi connectivity index (χ4n) is 1.55. The third-order valence-electron chi connectivity index (χ3n) is 2.56. The Morgan fingerprint density at radius 2 is 2.10 bits per heavy atom. The smallest absolute Gasteiger partial charge is 0.267 e. The number of amides is 1. The van der Waals surface area contributed by atoms with Gasteiger partial charge in [0.15, 0.2) is 11.5 Å². The van der Waals surface area contributed by atoms with E-state index in [4.69, 9.17) is 14.7 Å². The quantitative estimate of drug-likeness (QED) is 0.332. The minimum Gasteiger partial charge on any atom is -0.490 e. The van der Waals surface area contributed by atoms with Gasteiger partial charge in [0.2, 0.25) is 0 Å². The average molecular weight is 279 g/mol. The first kappa shape index (κ1) is 16.0. The van der Waals surface area contributed by atoms with Crippen molar-refractivity contribution in [2.45, 2.75) is 26.7 Å². The van der Waals surface area contributed by atoms with Gasteiger partial charge in [-0.25, -0.2) is 5.48 Å². The van der Waals surface area contributed by atoms with Crippen molar-refractivity contribution in [2.75, 3.05) is 13.2 Å². The Balaban J connectivity index is 2.82. The summed E-state index contributed by atoms with van der Waals surface area (Å²) in [5.41, 5.74) is 2.33. The van der Waals surface area contributed by atoms with E-state index in [9.17, 15) is 4.79 Å². The van der Waals surface area contributed by atoms with E-state index >= 15 is 0 Å². The lowest BCUT2D eigenvalue weighted by Crippen LogP contribution is -2.14. The third kappa shape index (κ3) is 5.32. The molecule has 0 aliphatic rings. The highest BCUT2D eigenvalue weighted by atomic mass is 16.5. The van der Waals surface area contributed by atoms with Gasteiger partial charge in [-0.2, -0.15) is 0 Å². The van der Waals surface area contributed by atoms with Crippen LogP contribution in [0.3, 0.4) is 0 Å². The number of ether oxygens (including phenoxy) is 2. The molecule has 20 heavy (non-hydrogen) atoms. The van der Waals surface area contributed by atoms with E-state index in [1.54, 1.807) is 12.1 Å². The van der Waals surface area contributed by atoms with Crippen molar-refractivity contribution in [1.82, 2.24) is 5.48 Å². The molecule has 0 aliphatic carbocycles. The van der Waals surface area contributed by atoms with Gasteiger partial charge in [-0.05, 0) is 37.1 Å². The Hall–Kier alpha value is -2.01. The normalized spacial score (nSPS) is 10.6. The molecule has 1 rings (SSSR count). The topological polar surface area (TPSA) is 67.8 Å². The molecule has 0 aliphatic heterocycles. The molecule has 0 saturated carbocycles. The van der Waals surface area contributed by atoms with E-state index in [1.165, 1.54) is 11.6 Å². The first-order valence-electron chi connectivity index (χ1n) is 6.73. The van der Waals surface area contributed by atoms with E-state index in [-0.39, 0.29) is 0 Å². The minimum absolute atomic E-state index is 0.536. The second kappa shape index (κ2) is 8.98. The van der Waals surface area contributed by atoms with E-state index in [2.05, 4.69) is 6.92 Å². The average Bonchev–Trinajstić information content (AvgIpc) is 2.47. The Kier molecular flexibility index (Phi) is 7.21. The summed E-state index contributed by atoms with van der Waals surface area (Å²) >= 11 is 0. The van der Waals surface area contributed by atoms with Gasteiger partial charge in [0, 0.05) is 6.08 Å². The fraction of sp³-hybridized carbons (Fsp3) is 0.400. The largest absolute Gasteiger partial charge is 0.490 e. The maximum absolute atomic E-state index is 10.9. The monoisotopic (exact) mass is 279 g/mol. The highest BCUT2D eigenvalue weighted by molar-refractivity contribution is 5.90.